The number of aliphatic hydroxyl groups is 1. The lowest BCUT2D eigenvalue weighted by atomic mass is 9.86. The monoisotopic (exact) mass is 273 g/mol. The van der Waals surface area contributed by atoms with E-state index in [1.54, 1.807) is 0 Å². The highest BCUT2D eigenvalue weighted by atomic mass is 16.3. The number of fused-ring (bicyclic) bond motifs is 1. The van der Waals surface area contributed by atoms with Crippen LogP contribution in [0.2, 0.25) is 0 Å². The molecule has 1 aromatic heterocycles. The zero-order valence-corrected chi connectivity index (χ0v) is 11.3. The molecule has 4 nitrogen and oxygen atoms in total. The predicted molar refractivity (Wildman–Crippen MR) is 76.5 cm³/mol. The first-order chi connectivity index (χ1) is 9.78. The molecule has 1 amide bonds. The van der Waals surface area contributed by atoms with Crippen molar-refractivity contribution in [2.45, 2.75) is 31.7 Å². The van der Waals surface area contributed by atoms with E-state index in [2.05, 4.69) is 5.32 Å². The summed E-state index contributed by atoms with van der Waals surface area (Å²) in [5, 5.41) is 13.1. The summed E-state index contributed by atoms with van der Waals surface area (Å²) in [4.78, 5) is 12.3. The van der Waals surface area contributed by atoms with Gasteiger partial charge >= 0.3 is 0 Å². The minimum Gasteiger partial charge on any atom is -0.463 e. The summed E-state index contributed by atoms with van der Waals surface area (Å²) in [5.41, 5.74) is 1.34. The summed E-state index contributed by atoms with van der Waals surface area (Å²) < 4.78 is 5.40. The normalized spacial score (nSPS) is 22.9. The van der Waals surface area contributed by atoms with Crippen LogP contribution in [0.25, 0.3) is 11.0 Å². The number of carbonyl (C=O) groups excluding carboxylic acids is 1. The van der Waals surface area contributed by atoms with Gasteiger partial charge in [-0.05, 0) is 37.7 Å². The van der Waals surface area contributed by atoms with Crippen LogP contribution in [0.3, 0.4) is 0 Å². The second-order valence-electron chi connectivity index (χ2n) is 5.52. The van der Waals surface area contributed by atoms with E-state index < -0.39 is 0 Å². The molecule has 0 spiro atoms. The molecule has 0 saturated heterocycles. The number of hydrogen-bond acceptors (Lipinski definition) is 3. The van der Waals surface area contributed by atoms with Crippen LogP contribution >= 0.6 is 0 Å². The van der Waals surface area contributed by atoms with Gasteiger partial charge in [0.15, 0.2) is 0 Å². The van der Waals surface area contributed by atoms with E-state index >= 15 is 0 Å². The van der Waals surface area contributed by atoms with Gasteiger partial charge in [-0.2, -0.15) is 0 Å². The quantitative estimate of drug-likeness (QED) is 0.903. The van der Waals surface area contributed by atoms with Crippen molar-refractivity contribution in [3.05, 3.63) is 36.1 Å². The van der Waals surface area contributed by atoms with E-state index in [0.717, 1.165) is 36.7 Å². The van der Waals surface area contributed by atoms with Gasteiger partial charge in [-0.25, -0.2) is 0 Å². The standard InChI is InChI=1S/C16H19NO3/c18-9-11-5-7-12(8-6-11)17-16(19)14-10-20-15-4-2-1-3-13(14)15/h1-4,10-12,18H,5-9H2,(H,17,19). The minimum absolute atomic E-state index is 0.0672. The van der Waals surface area contributed by atoms with Gasteiger partial charge in [0.1, 0.15) is 11.8 Å². The largest absolute Gasteiger partial charge is 0.463 e. The molecule has 1 saturated carbocycles. The van der Waals surface area contributed by atoms with Gasteiger partial charge in [-0.1, -0.05) is 18.2 Å². The lowest BCUT2D eigenvalue weighted by molar-refractivity contribution is 0.0915. The molecule has 106 valence electrons. The van der Waals surface area contributed by atoms with Crippen molar-refractivity contribution in [3.63, 3.8) is 0 Å². The van der Waals surface area contributed by atoms with Gasteiger partial charge in [0.05, 0.1) is 5.56 Å². The van der Waals surface area contributed by atoms with Crippen LogP contribution in [0.15, 0.2) is 34.9 Å². The lowest BCUT2D eigenvalue weighted by Gasteiger charge is -2.27. The molecule has 0 bridgehead atoms. The summed E-state index contributed by atoms with van der Waals surface area (Å²) in [6, 6.07) is 7.76. The van der Waals surface area contributed by atoms with E-state index in [1.807, 2.05) is 24.3 Å². The third-order valence-corrected chi connectivity index (χ3v) is 4.17. The van der Waals surface area contributed by atoms with Gasteiger partial charge in [0, 0.05) is 18.0 Å². The van der Waals surface area contributed by atoms with Gasteiger partial charge in [0.25, 0.3) is 5.91 Å². The molecule has 3 rings (SSSR count). The van der Waals surface area contributed by atoms with E-state index in [-0.39, 0.29) is 18.6 Å². The highest BCUT2D eigenvalue weighted by molar-refractivity contribution is 6.05. The highest BCUT2D eigenvalue weighted by Gasteiger charge is 2.23. The number of aliphatic hydroxyl groups excluding tert-OH is 1. The molecular formula is C16H19NO3. The fourth-order valence-electron chi connectivity index (χ4n) is 2.91. The Labute approximate surface area is 117 Å². The Bertz CT molecular complexity index is 597. The number of furan rings is 1. The maximum atomic E-state index is 12.3. The van der Waals surface area contributed by atoms with Gasteiger partial charge < -0.3 is 14.8 Å². The molecule has 2 aromatic rings. The average molecular weight is 273 g/mol. The number of benzene rings is 1. The molecule has 0 unspecified atom stereocenters. The van der Waals surface area contributed by atoms with Crippen molar-refractivity contribution in [2.75, 3.05) is 6.61 Å². The topological polar surface area (TPSA) is 62.5 Å². The molecule has 4 heteroatoms. The van der Waals surface area contributed by atoms with Gasteiger partial charge in [-0.15, -0.1) is 0 Å². The first kappa shape index (κ1) is 13.2. The Morgan fingerprint density at radius 3 is 2.75 bits per heavy atom. The molecule has 0 radical (unpaired) electrons. The molecule has 0 aliphatic heterocycles. The Kier molecular flexibility index (Phi) is 3.74. The number of rotatable bonds is 3. The first-order valence-corrected chi connectivity index (χ1v) is 7.16. The Balaban J connectivity index is 1.68. The zero-order chi connectivity index (χ0) is 13.9. The Morgan fingerprint density at radius 1 is 1.25 bits per heavy atom. The van der Waals surface area contributed by atoms with Crippen LogP contribution in [-0.2, 0) is 0 Å². The number of nitrogens with one attached hydrogen (secondary N) is 1. The molecule has 1 heterocycles. The van der Waals surface area contributed by atoms with Crippen molar-refractivity contribution in [2.24, 2.45) is 5.92 Å². The van der Waals surface area contributed by atoms with Crippen molar-refractivity contribution < 1.29 is 14.3 Å². The van der Waals surface area contributed by atoms with Gasteiger partial charge in [-0.3, -0.25) is 4.79 Å². The second kappa shape index (κ2) is 5.67. The summed E-state index contributed by atoms with van der Waals surface area (Å²) in [6.45, 7) is 0.257. The Hall–Kier alpha value is -1.81. The lowest BCUT2D eigenvalue weighted by Crippen LogP contribution is -2.38. The van der Waals surface area contributed by atoms with Crippen LogP contribution in [0.5, 0.6) is 0 Å². The Morgan fingerprint density at radius 2 is 2.00 bits per heavy atom. The molecular weight excluding hydrogens is 254 g/mol. The average Bonchev–Trinajstić information content (AvgIpc) is 2.92. The van der Waals surface area contributed by atoms with Crippen LogP contribution in [0, 0.1) is 5.92 Å². The summed E-state index contributed by atoms with van der Waals surface area (Å²) in [5.74, 6) is 0.334. The van der Waals surface area contributed by atoms with E-state index in [4.69, 9.17) is 9.52 Å². The molecule has 1 aliphatic rings. The maximum Gasteiger partial charge on any atom is 0.255 e. The third kappa shape index (κ3) is 2.56. The number of para-hydroxylation sites is 1. The van der Waals surface area contributed by atoms with Crippen LogP contribution in [0.4, 0.5) is 0 Å². The number of carbonyl (C=O) groups is 1. The van der Waals surface area contributed by atoms with Crippen molar-refractivity contribution in [1.29, 1.82) is 0 Å². The predicted octanol–water partition coefficient (Wildman–Crippen LogP) is 2.71. The third-order valence-electron chi connectivity index (χ3n) is 4.17. The summed E-state index contributed by atoms with van der Waals surface area (Å²) in [7, 11) is 0. The first-order valence-electron chi connectivity index (χ1n) is 7.16. The highest BCUT2D eigenvalue weighted by Crippen LogP contribution is 2.25. The zero-order valence-electron chi connectivity index (χ0n) is 11.3. The van der Waals surface area contributed by atoms with Gasteiger partial charge in [0.2, 0.25) is 0 Å². The number of amides is 1. The summed E-state index contributed by atoms with van der Waals surface area (Å²) in [6.07, 6.45) is 5.36. The SMILES string of the molecule is O=C(NC1CCC(CO)CC1)c1coc2ccccc12. The summed E-state index contributed by atoms with van der Waals surface area (Å²) >= 11 is 0. The van der Waals surface area contributed by atoms with Crippen LogP contribution in [0.1, 0.15) is 36.0 Å². The fraction of sp³-hybridized carbons (Fsp3) is 0.438. The van der Waals surface area contributed by atoms with E-state index in [0.29, 0.717) is 11.5 Å². The molecule has 1 fully saturated rings. The fourth-order valence-corrected chi connectivity index (χ4v) is 2.91. The smallest absolute Gasteiger partial charge is 0.255 e. The van der Waals surface area contributed by atoms with Crippen molar-refractivity contribution in [1.82, 2.24) is 5.32 Å². The van der Waals surface area contributed by atoms with Crippen molar-refractivity contribution >= 4 is 16.9 Å². The molecule has 1 aromatic carbocycles. The van der Waals surface area contributed by atoms with Crippen molar-refractivity contribution in [3.8, 4) is 0 Å². The van der Waals surface area contributed by atoms with E-state index in [9.17, 15) is 4.79 Å². The van der Waals surface area contributed by atoms with Crippen LogP contribution in [-0.4, -0.2) is 23.7 Å². The maximum absolute atomic E-state index is 12.3. The van der Waals surface area contributed by atoms with Crippen LogP contribution < -0.4 is 5.32 Å². The molecule has 1 aliphatic carbocycles. The van der Waals surface area contributed by atoms with E-state index in [1.165, 1.54) is 6.26 Å². The number of hydrogen-bond donors (Lipinski definition) is 2. The second-order valence-corrected chi connectivity index (χ2v) is 5.52. The molecule has 2 N–H and O–H groups in total. The molecule has 0 atom stereocenters. The molecule has 20 heavy (non-hydrogen) atoms. The minimum atomic E-state index is -0.0672.